The molecule has 0 spiro atoms. The highest BCUT2D eigenvalue weighted by Crippen LogP contribution is 2.42. The number of aromatic hydroxyl groups is 1. The van der Waals surface area contributed by atoms with E-state index in [0.29, 0.717) is 0 Å². The van der Waals surface area contributed by atoms with Gasteiger partial charge in [-0.05, 0) is 13.8 Å². The van der Waals surface area contributed by atoms with E-state index >= 15 is 0 Å². The molecule has 0 fully saturated rings. The van der Waals surface area contributed by atoms with Crippen LogP contribution in [0.1, 0.15) is 25.2 Å². The summed E-state index contributed by atoms with van der Waals surface area (Å²) < 4.78 is 11.4. The Labute approximate surface area is 187 Å². The van der Waals surface area contributed by atoms with Gasteiger partial charge in [-0.3, -0.25) is 4.79 Å². The zero-order valence-electron chi connectivity index (χ0n) is 18.0. The molecule has 5 unspecified atom stereocenters. The average Bonchev–Trinajstić information content (AvgIpc) is 2.77. The number of hydrogen-bond acceptors (Lipinski definition) is 12. The molecule has 1 aromatic carbocycles. The van der Waals surface area contributed by atoms with Gasteiger partial charge in [-0.2, -0.15) is 0 Å². The lowest BCUT2D eigenvalue weighted by molar-refractivity contribution is -0.358. The molecule has 5 atom stereocenters. The average molecular weight is 472 g/mol. The Hall–Kier alpha value is -2.29. The first-order valence-electron chi connectivity index (χ1n) is 10.2. The van der Waals surface area contributed by atoms with E-state index in [1.54, 1.807) is 13.8 Å². The Kier molecular flexibility index (Phi) is 7.61. The number of ether oxygens (including phenoxy) is 1. The van der Waals surface area contributed by atoms with Gasteiger partial charge >= 0.3 is 0 Å². The number of phenols is 1. The van der Waals surface area contributed by atoms with Crippen LogP contribution in [0.15, 0.2) is 21.3 Å². The van der Waals surface area contributed by atoms with Crippen LogP contribution in [0.25, 0.3) is 11.0 Å². The van der Waals surface area contributed by atoms with Crippen molar-refractivity contribution in [2.24, 2.45) is 0 Å². The maximum absolute atomic E-state index is 12.4. The van der Waals surface area contributed by atoms with E-state index in [-0.39, 0.29) is 40.2 Å². The van der Waals surface area contributed by atoms with Crippen molar-refractivity contribution < 1.29 is 54.7 Å². The number of hydrogen-bond donors (Lipinski definition) is 7. The third-order valence-electron chi connectivity index (χ3n) is 5.55. The zero-order valence-corrected chi connectivity index (χ0v) is 18.0. The minimum atomic E-state index is -1.81. The highest BCUT2D eigenvalue weighted by molar-refractivity contribution is 5.87. The van der Waals surface area contributed by atoms with Gasteiger partial charge in [-0.15, -0.1) is 0 Å². The Morgan fingerprint density at radius 2 is 1.79 bits per heavy atom. The van der Waals surface area contributed by atoms with Crippen molar-refractivity contribution in [3.05, 3.63) is 33.7 Å². The second kappa shape index (κ2) is 9.91. The second-order valence-corrected chi connectivity index (χ2v) is 8.39. The van der Waals surface area contributed by atoms with E-state index < -0.39 is 61.4 Å². The molecule has 0 radical (unpaired) electrons. The predicted octanol–water partition coefficient (Wildman–Crippen LogP) is -1.54. The van der Waals surface area contributed by atoms with E-state index in [0.717, 1.165) is 6.07 Å². The summed E-state index contributed by atoms with van der Waals surface area (Å²) in [5, 5.41) is 67.5. The fraction of sp³-hybridized carbons (Fsp3) is 0.571. The molecule has 184 valence electrons. The highest BCUT2D eigenvalue weighted by atomic mass is 17.2. The summed E-state index contributed by atoms with van der Waals surface area (Å²) in [5.74, 6) is -0.0741. The molecular formula is C21H28O12. The summed E-state index contributed by atoms with van der Waals surface area (Å²) in [7, 11) is 0. The molecule has 1 aliphatic heterocycles. The van der Waals surface area contributed by atoms with Gasteiger partial charge in [0.1, 0.15) is 77.6 Å². The van der Waals surface area contributed by atoms with E-state index in [4.69, 9.17) is 24.0 Å². The first kappa shape index (κ1) is 25.3. The van der Waals surface area contributed by atoms with E-state index in [1.807, 2.05) is 0 Å². The third kappa shape index (κ3) is 5.13. The SMILES string of the molecule is CC1(C)Oc2cc3oc(CO)cc(=O)c3c(O)c2CC1OOCC(O)C(O)C(O)C(O)CO. The van der Waals surface area contributed by atoms with Gasteiger partial charge < -0.3 is 44.9 Å². The molecule has 12 nitrogen and oxygen atoms in total. The molecule has 3 rings (SSSR count). The molecule has 1 aliphatic rings. The zero-order chi connectivity index (χ0) is 24.5. The first-order valence-corrected chi connectivity index (χ1v) is 10.2. The molecule has 2 heterocycles. The normalized spacial score (nSPS) is 21.2. The topological polar surface area (TPSA) is 200 Å². The molecular weight excluding hydrogens is 444 g/mol. The molecule has 7 N–H and O–H groups in total. The van der Waals surface area contributed by atoms with Crippen LogP contribution in [-0.2, 0) is 22.8 Å². The van der Waals surface area contributed by atoms with Crippen LogP contribution in [0, 0.1) is 0 Å². The molecule has 0 bridgehead atoms. The van der Waals surface area contributed by atoms with Gasteiger partial charge in [-0.25, -0.2) is 9.78 Å². The Morgan fingerprint density at radius 3 is 2.42 bits per heavy atom. The predicted molar refractivity (Wildman–Crippen MR) is 110 cm³/mol. The fourth-order valence-electron chi connectivity index (χ4n) is 3.52. The summed E-state index contributed by atoms with van der Waals surface area (Å²) in [6.07, 6.45) is -7.70. The van der Waals surface area contributed by atoms with Gasteiger partial charge in [0, 0.05) is 24.1 Å². The number of benzene rings is 1. The largest absolute Gasteiger partial charge is 0.507 e. The van der Waals surface area contributed by atoms with Gasteiger partial charge in [-0.1, -0.05) is 0 Å². The summed E-state index contributed by atoms with van der Waals surface area (Å²) in [6.45, 7) is 1.47. The maximum atomic E-state index is 12.4. The standard InChI is InChI=1S/C21H28O12/c1-21(2)16(33-30-8-13(26)20(29)19(28)12(25)7-23)4-10-14(32-21)5-15-17(18(10)27)11(24)3-9(6-22)31-15/h3,5,12-13,16,19-20,22-23,25-29H,4,6-8H2,1-2H3. The van der Waals surface area contributed by atoms with Crippen molar-refractivity contribution in [2.75, 3.05) is 13.2 Å². The van der Waals surface area contributed by atoms with Gasteiger partial charge in [0.2, 0.25) is 0 Å². The number of rotatable bonds is 9. The van der Waals surface area contributed by atoms with Gasteiger partial charge in [0.25, 0.3) is 0 Å². The van der Waals surface area contributed by atoms with Crippen LogP contribution in [0.5, 0.6) is 11.5 Å². The minimum Gasteiger partial charge on any atom is -0.507 e. The lowest BCUT2D eigenvalue weighted by Gasteiger charge is -2.39. The highest BCUT2D eigenvalue weighted by Gasteiger charge is 2.41. The molecule has 33 heavy (non-hydrogen) atoms. The van der Waals surface area contributed by atoms with Crippen molar-refractivity contribution in [2.45, 2.75) is 63.0 Å². The van der Waals surface area contributed by atoms with Crippen molar-refractivity contribution in [3.8, 4) is 11.5 Å². The van der Waals surface area contributed by atoms with Crippen LogP contribution in [-0.4, -0.2) is 85.1 Å². The van der Waals surface area contributed by atoms with Crippen LogP contribution < -0.4 is 10.2 Å². The van der Waals surface area contributed by atoms with Gasteiger partial charge in [0.15, 0.2) is 5.43 Å². The van der Waals surface area contributed by atoms with Crippen molar-refractivity contribution >= 4 is 11.0 Å². The molecule has 0 saturated heterocycles. The van der Waals surface area contributed by atoms with E-state index in [9.17, 15) is 35.4 Å². The van der Waals surface area contributed by atoms with Crippen molar-refractivity contribution in [1.82, 2.24) is 0 Å². The lowest BCUT2D eigenvalue weighted by Crippen LogP contribution is -2.49. The van der Waals surface area contributed by atoms with Crippen LogP contribution in [0.4, 0.5) is 0 Å². The Bertz CT molecular complexity index is 1030. The van der Waals surface area contributed by atoms with Crippen molar-refractivity contribution in [1.29, 1.82) is 0 Å². The fourth-order valence-corrected chi connectivity index (χ4v) is 3.52. The molecule has 12 heteroatoms. The number of phenolic OH excluding ortho intramolecular Hbond substituents is 1. The molecule has 0 saturated carbocycles. The summed E-state index contributed by atoms with van der Waals surface area (Å²) >= 11 is 0. The second-order valence-electron chi connectivity index (χ2n) is 8.39. The Morgan fingerprint density at radius 1 is 1.12 bits per heavy atom. The lowest BCUT2D eigenvalue weighted by atomic mass is 9.90. The van der Waals surface area contributed by atoms with Crippen molar-refractivity contribution in [3.63, 3.8) is 0 Å². The van der Waals surface area contributed by atoms with Crippen LogP contribution in [0.2, 0.25) is 0 Å². The maximum Gasteiger partial charge on any atom is 0.196 e. The summed E-state index contributed by atoms with van der Waals surface area (Å²) in [4.78, 5) is 22.7. The number of aliphatic hydroxyl groups excluding tert-OH is 6. The summed E-state index contributed by atoms with van der Waals surface area (Å²) in [5.41, 5.74) is -1.23. The molecule has 0 amide bonds. The quantitative estimate of drug-likeness (QED) is 0.164. The first-order chi connectivity index (χ1) is 15.5. The molecule has 2 aromatic rings. The minimum absolute atomic E-state index is 0.0360. The van der Waals surface area contributed by atoms with Gasteiger partial charge in [0.05, 0.1) is 6.61 Å². The smallest absolute Gasteiger partial charge is 0.196 e. The Balaban J connectivity index is 1.76. The third-order valence-corrected chi connectivity index (χ3v) is 5.55. The van der Waals surface area contributed by atoms with E-state index in [1.165, 1.54) is 6.07 Å². The van der Waals surface area contributed by atoms with Crippen LogP contribution in [0.3, 0.4) is 0 Å². The number of aliphatic hydroxyl groups is 6. The monoisotopic (exact) mass is 472 g/mol. The van der Waals surface area contributed by atoms with E-state index in [2.05, 4.69) is 0 Å². The molecule has 0 aliphatic carbocycles. The summed E-state index contributed by atoms with van der Waals surface area (Å²) in [6, 6.07) is 2.52. The number of fused-ring (bicyclic) bond motifs is 2. The molecule has 1 aromatic heterocycles. The van der Waals surface area contributed by atoms with Crippen LogP contribution >= 0.6 is 0 Å².